The predicted octanol–water partition coefficient (Wildman–Crippen LogP) is 6.15. The summed E-state index contributed by atoms with van der Waals surface area (Å²) in [6, 6.07) is 22.2. The number of hydrogen-bond donors (Lipinski definition) is 2. The van der Waals surface area contributed by atoms with Crippen molar-refractivity contribution in [2.45, 2.75) is 44.8 Å². The summed E-state index contributed by atoms with van der Waals surface area (Å²) >= 11 is 0. The first-order valence-corrected chi connectivity index (χ1v) is 12.7. The molecule has 37 heavy (non-hydrogen) atoms. The van der Waals surface area contributed by atoms with E-state index in [0.717, 1.165) is 51.3 Å². The van der Waals surface area contributed by atoms with Crippen molar-refractivity contribution in [3.05, 3.63) is 84.2 Å². The second-order valence-corrected chi connectivity index (χ2v) is 9.63. The number of hydrogen-bond acceptors (Lipinski definition) is 5. The lowest BCUT2D eigenvalue weighted by molar-refractivity contribution is -0.136. The number of aliphatic carboxylic acids is 1. The Morgan fingerprint density at radius 2 is 1.84 bits per heavy atom. The fraction of sp³-hybridized carbons (Fsp3) is 0.233. The van der Waals surface area contributed by atoms with Crippen LogP contribution in [0.5, 0.6) is 5.75 Å². The van der Waals surface area contributed by atoms with Gasteiger partial charge in [-0.15, -0.1) is 0 Å². The first-order chi connectivity index (χ1) is 18.1. The molecule has 0 aliphatic heterocycles. The van der Waals surface area contributed by atoms with Gasteiger partial charge >= 0.3 is 5.97 Å². The van der Waals surface area contributed by atoms with Gasteiger partial charge < -0.3 is 15.6 Å². The fourth-order valence-corrected chi connectivity index (χ4v) is 5.49. The Kier molecular flexibility index (Phi) is 5.96. The van der Waals surface area contributed by atoms with Crippen molar-refractivity contribution in [2.24, 2.45) is 0 Å². The Bertz CT molecular complexity index is 1620. The van der Waals surface area contributed by atoms with E-state index in [1.807, 2.05) is 36.4 Å². The van der Waals surface area contributed by atoms with E-state index >= 15 is 0 Å². The molecule has 3 N–H and O–H groups in total. The Morgan fingerprint density at radius 3 is 2.68 bits per heavy atom. The second-order valence-electron chi connectivity index (χ2n) is 9.63. The SMILES string of the molecule is Nc1nccc2c(-c3ccc4c(c3)c(COc3ccccc3CC(=O)O)nn4C3CCCC3)cccc12. The predicted molar refractivity (Wildman–Crippen MR) is 145 cm³/mol. The van der Waals surface area contributed by atoms with Crippen molar-refractivity contribution in [3.63, 3.8) is 0 Å². The van der Waals surface area contributed by atoms with Crippen LogP contribution in [0.25, 0.3) is 32.8 Å². The smallest absolute Gasteiger partial charge is 0.307 e. The van der Waals surface area contributed by atoms with Gasteiger partial charge in [-0.1, -0.05) is 55.3 Å². The van der Waals surface area contributed by atoms with Crippen molar-refractivity contribution in [1.82, 2.24) is 14.8 Å². The maximum atomic E-state index is 11.3. The number of carboxylic acids is 1. The number of aromatic nitrogens is 3. The molecule has 3 aromatic carbocycles. The molecular formula is C30H28N4O3. The molecule has 0 atom stereocenters. The van der Waals surface area contributed by atoms with Crippen LogP contribution in [0.4, 0.5) is 5.82 Å². The van der Waals surface area contributed by atoms with Crippen LogP contribution in [-0.2, 0) is 17.8 Å². The third-order valence-electron chi connectivity index (χ3n) is 7.28. The molecule has 1 fully saturated rings. The lowest BCUT2D eigenvalue weighted by Gasteiger charge is -2.12. The fourth-order valence-electron chi connectivity index (χ4n) is 5.49. The van der Waals surface area contributed by atoms with E-state index in [2.05, 4.69) is 33.9 Å². The molecule has 2 heterocycles. The number of pyridine rings is 1. The number of nitrogens with zero attached hydrogens (tertiary/aromatic N) is 3. The Balaban J connectivity index is 1.43. The number of fused-ring (bicyclic) bond motifs is 2. The van der Waals surface area contributed by atoms with E-state index < -0.39 is 5.97 Å². The monoisotopic (exact) mass is 492 g/mol. The van der Waals surface area contributed by atoms with Crippen LogP contribution in [0, 0.1) is 0 Å². The normalized spacial score (nSPS) is 13.9. The van der Waals surface area contributed by atoms with Crippen LogP contribution in [0.1, 0.15) is 43.0 Å². The Hall–Kier alpha value is -4.39. The highest BCUT2D eigenvalue weighted by Gasteiger charge is 2.22. The van der Waals surface area contributed by atoms with Gasteiger partial charge in [0, 0.05) is 22.5 Å². The Labute approximate surface area is 214 Å². The second kappa shape index (κ2) is 9.58. The molecule has 186 valence electrons. The third-order valence-corrected chi connectivity index (χ3v) is 7.28. The van der Waals surface area contributed by atoms with Gasteiger partial charge in [0.1, 0.15) is 23.9 Å². The summed E-state index contributed by atoms with van der Waals surface area (Å²) in [6.45, 7) is 0.253. The molecule has 5 aromatic rings. The summed E-state index contributed by atoms with van der Waals surface area (Å²) < 4.78 is 8.34. The summed E-state index contributed by atoms with van der Waals surface area (Å²) in [7, 11) is 0. The molecule has 0 spiro atoms. The van der Waals surface area contributed by atoms with Crippen LogP contribution >= 0.6 is 0 Å². The highest BCUT2D eigenvalue weighted by Crippen LogP contribution is 2.37. The zero-order chi connectivity index (χ0) is 25.4. The van der Waals surface area contributed by atoms with Gasteiger partial charge in [-0.3, -0.25) is 9.48 Å². The van der Waals surface area contributed by atoms with Gasteiger partial charge in [0.2, 0.25) is 0 Å². The van der Waals surface area contributed by atoms with E-state index in [9.17, 15) is 9.90 Å². The van der Waals surface area contributed by atoms with Crippen LogP contribution in [0.2, 0.25) is 0 Å². The van der Waals surface area contributed by atoms with Crippen LogP contribution < -0.4 is 10.5 Å². The van der Waals surface area contributed by atoms with E-state index in [4.69, 9.17) is 15.6 Å². The summed E-state index contributed by atoms with van der Waals surface area (Å²) in [5.74, 6) is 0.202. The third kappa shape index (κ3) is 4.37. The number of anilines is 1. The maximum Gasteiger partial charge on any atom is 0.307 e. The van der Waals surface area contributed by atoms with Gasteiger partial charge in [-0.05, 0) is 53.6 Å². The summed E-state index contributed by atoms with van der Waals surface area (Å²) in [5.41, 5.74) is 10.9. The van der Waals surface area contributed by atoms with Gasteiger partial charge in [0.15, 0.2) is 0 Å². The van der Waals surface area contributed by atoms with Gasteiger partial charge in [-0.2, -0.15) is 5.10 Å². The molecule has 0 unspecified atom stereocenters. The highest BCUT2D eigenvalue weighted by atomic mass is 16.5. The Morgan fingerprint density at radius 1 is 1.00 bits per heavy atom. The molecule has 7 heteroatoms. The van der Waals surface area contributed by atoms with Crippen molar-refractivity contribution < 1.29 is 14.6 Å². The van der Waals surface area contributed by atoms with E-state index in [1.165, 1.54) is 12.8 Å². The van der Waals surface area contributed by atoms with Crippen LogP contribution in [0.3, 0.4) is 0 Å². The molecule has 1 aliphatic carbocycles. The molecule has 1 aliphatic rings. The largest absolute Gasteiger partial charge is 0.487 e. The van der Waals surface area contributed by atoms with E-state index in [-0.39, 0.29) is 13.0 Å². The molecule has 7 nitrogen and oxygen atoms in total. The first kappa shape index (κ1) is 23.0. The quantitative estimate of drug-likeness (QED) is 0.282. The molecule has 1 saturated carbocycles. The minimum Gasteiger partial charge on any atom is -0.487 e. The molecule has 2 aromatic heterocycles. The number of carboxylic acid groups (broad SMARTS) is 1. The number of nitrogen functional groups attached to an aromatic ring is 1. The lowest BCUT2D eigenvalue weighted by Crippen LogP contribution is -2.08. The zero-order valence-electron chi connectivity index (χ0n) is 20.4. The summed E-state index contributed by atoms with van der Waals surface area (Å²) in [5, 5.41) is 17.3. The van der Waals surface area contributed by atoms with Crippen molar-refractivity contribution in [1.29, 1.82) is 0 Å². The first-order valence-electron chi connectivity index (χ1n) is 12.7. The number of nitrogens with two attached hydrogens (primary N) is 1. The summed E-state index contributed by atoms with van der Waals surface area (Å²) in [4.78, 5) is 15.6. The minimum absolute atomic E-state index is 0.0867. The number of carbonyl (C=O) groups is 1. The average molecular weight is 493 g/mol. The molecule has 6 rings (SSSR count). The summed E-state index contributed by atoms with van der Waals surface area (Å²) in [6.07, 6.45) is 6.32. The number of rotatable bonds is 7. The number of benzene rings is 3. The highest BCUT2D eigenvalue weighted by molar-refractivity contribution is 6.02. The average Bonchev–Trinajstić information content (AvgIpc) is 3.56. The zero-order valence-corrected chi connectivity index (χ0v) is 20.4. The van der Waals surface area contributed by atoms with E-state index in [0.29, 0.717) is 23.2 Å². The molecule has 0 radical (unpaired) electrons. The molecule has 0 saturated heterocycles. The van der Waals surface area contributed by atoms with Crippen molar-refractivity contribution in [2.75, 3.05) is 5.73 Å². The molecule has 0 amide bonds. The van der Waals surface area contributed by atoms with Crippen LogP contribution in [-0.4, -0.2) is 25.8 Å². The van der Waals surface area contributed by atoms with Crippen molar-refractivity contribution >= 4 is 33.5 Å². The lowest BCUT2D eigenvalue weighted by atomic mass is 9.97. The van der Waals surface area contributed by atoms with E-state index in [1.54, 1.807) is 12.3 Å². The standard InChI is InChI=1S/C30H28N4O3/c31-30-24-10-5-9-22(23(24)14-15-32-30)19-12-13-27-25(16-19)26(33-34(27)21-7-2-3-8-21)18-37-28-11-4-1-6-20(28)17-29(35)36/h1,4-6,9-16,21H,2-3,7-8,17-18H2,(H2,31,32)(H,35,36). The van der Waals surface area contributed by atoms with Crippen LogP contribution in [0.15, 0.2) is 72.9 Å². The van der Waals surface area contributed by atoms with Gasteiger partial charge in [-0.25, -0.2) is 4.98 Å². The molecular weight excluding hydrogens is 464 g/mol. The van der Waals surface area contributed by atoms with Gasteiger partial charge in [0.05, 0.1) is 18.0 Å². The maximum absolute atomic E-state index is 11.3. The van der Waals surface area contributed by atoms with Crippen molar-refractivity contribution in [3.8, 4) is 16.9 Å². The molecule has 0 bridgehead atoms. The minimum atomic E-state index is -0.887. The number of para-hydroxylation sites is 1. The number of ether oxygens (including phenoxy) is 1. The van der Waals surface area contributed by atoms with Gasteiger partial charge in [0.25, 0.3) is 0 Å². The topological polar surface area (TPSA) is 103 Å².